The van der Waals surface area contributed by atoms with Gasteiger partial charge in [-0.25, -0.2) is 0 Å². The first kappa shape index (κ1) is 17.0. The standard InChI is InChI=1S/C16H23NO4/c1-3-9-17(10-8-16(19)20)15(18)12-21-14-7-5-6-13(4-2)11-14/h5-7,11H,3-4,8-10,12H2,1-2H3,(H,19,20). The van der Waals surface area contributed by atoms with E-state index in [1.165, 1.54) is 4.90 Å². The SMILES string of the molecule is CCCN(CCC(=O)O)C(=O)COc1cccc(CC)c1. The lowest BCUT2D eigenvalue weighted by Crippen LogP contribution is -2.37. The topological polar surface area (TPSA) is 66.8 Å². The highest BCUT2D eigenvalue weighted by atomic mass is 16.5. The first-order valence-corrected chi connectivity index (χ1v) is 7.28. The van der Waals surface area contributed by atoms with Gasteiger partial charge in [0.1, 0.15) is 5.75 Å². The Morgan fingerprint density at radius 2 is 2.00 bits per heavy atom. The van der Waals surface area contributed by atoms with Gasteiger partial charge >= 0.3 is 5.97 Å². The van der Waals surface area contributed by atoms with Crippen molar-refractivity contribution < 1.29 is 19.4 Å². The van der Waals surface area contributed by atoms with Crippen LogP contribution >= 0.6 is 0 Å². The molecule has 0 atom stereocenters. The number of rotatable bonds is 9. The van der Waals surface area contributed by atoms with Crippen LogP contribution in [0.4, 0.5) is 0 Å². The van der Waals surface area contributed by atoms with Crippen molar-refractivity contribution in [2.75, 3.05) is 19.7 Å². The number of ether oxygens (including phenoxy) is 1. The maximum absolute atomic E-state index is 12.1. The molecule has 5 heteroatoms. The molecule has 0 aliphatic rings. The molecule has 0 spiro atoms. The van der Waals surface area contributed by atoms with Crippen LogP contribution in [0.25, 0.3) is 0 Å². The van der Waals surface area contributed by atoms with Gasteiger partial charge in [0.15, 0.2) is 6.61 Å². The molecule has 1 aromatic carbocycles. The number of amides is 1. The normalized spacial score (nSPS) is 10.2. The Morgan fingerprint density at radius 1 is 1.24 bits per heavy atom. The van der Waals surface area contributed by atoms with Crippen molar-refractivity contribution >= 4 is 11.9 Å². The largest absolute Gasteiger partial charge is 0.484 e. The van der Waals surface area contributed by atoms with E-state index in [2.05, 4.69) is 6.92 Å². The zero-order valence-electron chi connectivity index (χ0n) is 12.7. The summed E-state index contributed by atoms with van der Waals surface area (Å²) in [5.74, 6) is -0.419. The van der Waals surface area contributed by atoms with E-state index in [1.54, 1.807) is 0 Å². The van der Waals surface area contributed by atoms with Crippen LogP contribution in [0.15, 0.2) is 24.3 Å². The summed E-state index contributed by atoms with van der Waals surface area (Å²) in [6.07, 6.45) is 1.65. The fourth-order valence-electron chi connectivity index (χ4n) is 1.95. The molecule has 0 saturated carbocycles. The molecule has 1 rings (SSSR count). The Morgan fingerprint density at radius 3 is 2.62 bits per heavy atom. The van der Waals surface area contributed by atoms with Gasteiger partial charge in [0.05, 0.1) is 6.42 Å². The summed E-state index contributed by atoms with van der Waals surface area (Å²) in [7, 11) is 0. The fourth-order valence-corrected chi connectivity index (χ4v) is 1.95. The highest BCUT2D eigenvalue weighted by molar-refractivity contribution is 5.78. The lowest BCUT2D eigenvalue weighted by Gasteiger charge is -2.21. The molecule has 0 unspecified atom stereocenters. The number of aryl methyl sites for hydroxylation is 1. The van der Waals surface area contributed by atoms with E-state index in [1.807, 2.05) is 31.2 Å². The van der Waals surface area contributed by atoms with E-state index in [-0.39, 0.29) is 25.5 Å². The number of aliphatic carboxylic acids is 1. The Balaban J connectivity index is 2.53. The molecule has 0 aliphatic heterocycles. The van der Waals surface area contributed by atoms with Crippen LogP contribution in [0.1, 0.15) is 32.3 Å². The molecule has 0 heterocycles. The van der Waals surface area contributed by atoms with E-state index < -0.39 is 5.97 Å². The number of hydrogen-bond acceptors (Lipinski definition) is 3. The van der Waals surface area contributed by atoms with Gasteiger partial charge in [-0.05, 0) is 30.5 Å². The quantitative estimate of drug-likeness (QED) is 0.759. The van der Waals surface area contributed by atoms with E-state index in [4.69, 9.17) is 9.84 Å². The molecule has 21 heavy (non-hydrogen) atoms. The monoisotopic (exact) mass is 293 g/mol. The lowest BCUT2D eigenvalue weighted by molar-refractivity contribution is -0.139. The van der Waals surface area contributed by atoms with Crippen molar-refractivity contribution in [1.29, 1.82) is 0 Å². The number of benzene rings is 1. The smallest absolute Gasteiger partial charge is 0.305 e. The lowest BCUT2D eigenvalue weighted by atomic mass is 10.2. The summed E-state index contributed by atoms with van der Waals surface area (Å²) in [6, 6.07) is 7.63. The molecule has 0 aromatic heterocycles. The molecule has 0 aliphatic carbocycles. The second-order valence-corrected chi connectivity index (χ2v) is 4.81. The summed E-state index contributed by atoms with van der Waals surface area (Å²) in [6.45, 7) is 4.71. The molecule has 0 radical (unpaired) electrons. The van der Waals surface area contributed by atoms with Crippen molar-refractivity contribution in [3.8, 4) is 5.75 Å². The molecule has 0 bridgehead atoms. The third-order valence-corrected chi connectivity index (χ3v) is 3.11. The van der Waals surface area contributed by atoms with E-state index in [0.717, 1.165) is 18.4 Å². The predicted molar refractivity (Wildman–Crippen MR) is 80.4 cm³/mol. The number of carboxylic acid groups (broad SMARTS) is 1. The van der Waals surface area contributed by atoms with Crippen LogP contribution in [-0.2, 0) is 16.0 Å². The Hall–Kier alpha value is -2.04. The van der Waals surface area contributed by atoms with Crippen LogP contribution in [0, 0.1) is 0 Å². The molecule has 1 N–H and O–H groups in total. The van der Waals surface area contributed by atoms with Gasteiger partial charge in [-0.1, -0.05) is 26.0 Å². The Kier molecular flexibility index (Phi) is 7.29. The van der Waals surface area contributed by atoms with Crippen LogP contribution in [0.5, 0.6) is 5.75 Å². The van der Waals surface area contributed by atoms with Crippen molar-refractivity contribution in [2.45, 2.75) is 33.1 Å². The number of nitrogens with zero attached hydrogens (tertiary/aromatic N) is 1. The second kappa shape index (κ2) is 9.00. The maximum atomic E-state index is 12.1. The van der Waals surface area contributed by atoms with Crippen molar-refractivity contribution in [2.24, 2.45) is 0 Å². The first-order valence-electron chi connectivity index (χ1n) is 7.28. The van der Waals surface area contributed by atoms with E-state index >= 15 is 0 Å². The zero-order valence-corrected chi connectivity index (χ0v) is 12.7. The minimum absolute atomic E-state index is 0.0446. The van der Waals surface area contributed by atoms with Crippen LogP contribution in [-0.4, -0.2) is 41.6 Å². The van der Waals surface area contributed by atoms with Crippen LogP contribution < -0.4 is 4.74 Å². The molecular formula is C16H23NO4. The van der Waals surface area contributed by atoms with Gasteiger partial charge in [-0.2, -0.15) is 0 Å². The maximum Gasteiger partial charge on any atom is 0.305 e. The molecular weight excluding hydrogens is 270 g/mol. The highest BCUT2D eigenvalue weighted by Crippen LogP contribution is 2.13. The molecule has 116 valence electrons. The zero-order chi connectivity index (χ0) is 15.7. The Bertz CT molecular complexity index is 473. The third-order valence-electron chi connectivity index (χ3n) is 3.11. The summed E-state index contributed by atoms with van der Waals surface area (Å²) in [5.41, 5.74) is 1.15. The number of carboxylic acids is 1. The summed E-state index contributed by atoms with van der Waals surface area (Å²) in [4.78, 5) is 24.2. The highest BCUT2D eigenvalue weighted by Gasteiger charge is 2.14. The molecule has 0 saturated heterocycles. The molecule has 0 fully saturated rings. The molecule has 1 amide bonds. The first-order chi connectivity index (χ1) is 10.1. The van der Waals surface area contributed by atoms with Gasteiger partial charge in [-0.15, -0.1) is 0 Å². The molecule has 1 aromatic rings. The predicted octanol–water partition coefficient (Wildman–Crippen LogP) is 2.34. The van der Waals surface area contributed by atoms with Crippen LogP contribution in [0.3, 0.4) is 0 Å². The Labute approximate surface area is 125 Å². The van der Waals surface area contributed by atoms with Gasteiger partial charge in [-0.3, -0.25) is 9.59 Å². The van der Waals surface area contributed by atoms with E-state index in [9.17, 15) is 9.59 Å². The number of carbonyl (C=O) groups is 2. The van der Waals surface area contributed by atoms with Crippen molar-refractivity contribution in [1.82, 2.24) is 4.90 Å². The average molecular weight is 293 g/mol. The minimum Gasteiger partial charge on any atom is -0.484 e. The molecule has 5 nitrogen and oxygen atoms in total. The summed E-state index contributed by atoms with van der Waals surface area (Å²) >= 11 is 0. The van der Waals surface area contributed by atoms with Gasteiger partial charge in [0.2, 0.25) is 0 Å². The van der Waals surface area contributed by atoms with Crippen LogP contribution in [0.2, 0.25) is 0 Å². The number of hydrogen-bond donors (Lipinski definition) is 1. The van der Waals surface area contributed by atoms with Crippen molar-refractivity contribution in [3.63, 3.8) is 0 Å². The average Bonchev–Trinajstić information content (AvgIpc) is 2.49. The van der Waals surface area contributed by atoms with Gasteiger partial charge < -0.3 is 14.7 Å². The second-order valence-electron chi connectivity index (χ2n) is 4.81. The number of carbonyl (C=O) groups excluding carboxylic acids is 1. The minimum atomic E-state index is -0.902. The summed E-state index contributed by atoms with van der Waals surface area (Å²) < 4.78 is 5.51. The van der Waals surface area contributed by atoms with Gasteiger partial charge in [0.25, 0.3) is 5.91 Å². The third kappa shape index (κ3) is 6.29. The van der Waals surface area contributed by atoms with Gasteiger partial charge in [0, 0.05) is 13.1 Å². The van der Waals surface area contributed by atoms with E-state index in [0.29, 0.717) is 12.3 Å². The fraction of sp³-hybridized carbons (Fsp3) is 0.500. The van der Waals surface area contributed by atoms with Crippen molar-refractivity contribution in [3.05, 3.63) is 29.8 Å². The summed E-state index contributed by atoms with van der Waals surface area (Å²) in [5, 5.41) is 8.71.